The lowest BCUT2D eigenvalue weighted by atomic mass is 9.99. The summed E-state index contributed by atoms with van der Waals surface area (Å²) < 4.78 is 5.19. The van der Waals surface area contributed by atoms with Gasteiger partial charge in [-0.2, -0.15) is 0 Å². The van der Waals surface area contributed by atoms with Gasteiger partial charge < -0.3 is 20.8 Å². The number of anilines is 1. The summed E-state index contributed by atoms with van der Waals surface area (Å²) >= 11 is 0. The van der Waals surface area contributed by atoms with Crippen LogP contribution >= 0.6 is 0 Å². The third-order valence-corrected chi connectivity index (χ3v) is 3.32. The summed E-state index contributed by atoms with van der Waals surface area (Å²) in [4.78, 5) is 15.2. The SMILES string of the molecule is NC1(C(=O)Nc2ccc3[nH]ccc3c2)CCOC1. The molecule has 0 radical (unpaired) electrons. The molecule has 1 amide bonds. The van der Waals surface area contributed by atoms with Gasteiger partial charge in [-0.05, 0) is 30.7 Å². The van der Waals surface area contributed by atoms with Crippen molar-refractivity contribution < 1.29 is 9.53 Å². The van der Waals surface area contributed by atoms with Gasteiger partial charge in [0, 0.05) is 29.4 Å². The Morgan fingerprint density at radius 1 is 1.44 bits per heavy atom. The normalized spacial score (nSPS) is 23.4. The molecule has 0 aliphatic carbocycles. The number of hydrogen-bond donors (Lipinski definition) is 3. The van der Waals surface area contributed by atoms with Crippen molar-refractivity contribution in [3.8, 4) is 0 Å². The standard InChI is InChI=1S/C13H15N3O2/c14-13(4-6-18-8-13)12(17)16-10-1-2-11-9(7-10)3-5-15-11/h1-3,5,7,15H,4,6,8,14H2,(H,16,17). The summed E-state index contributed by atoms with van der Waals surface area (Å²) in [5.74, 6) is -0.185. The Morgan fingerprint density at radius 2 is 2.33 bits per heavy atom. The first kappa shape index (κ1) is 11.3. The van der Waals surface area contributed by atoms with Crippen LogP contribution in [0.1, 0.15) is 6.42 Å². The minimum Gasteiger partial charge on any atom is -0.379 e. The fourth-order valence-corrected chi connectivity index (χ4v) is 2.15. The fourth-order valence-electron chi connectivity index (χ4n) is 2.15. The highest BCUT2D eigenvalue weighted by atomic mass is 16.5. The number of amides is 1. The van der Waals surface area contributed by atoms with E-state index in [-0.39, 0.29) is 12.5 Å². The first-order chi connectivity index (χ1) is 8.67. The van der Waals surface area contributed by atoms with Gasteiger partial charge >= 0.3 is 0 Å². The number of rotatable bonds is 2. The number of aromatic amines is 1. The van der Waals surface area contributed by atoms with E-state index >= 15 is 0 Å². The van der Waals surface area contributed by atoms with Crippen LogP contribution in [0, 0.1) is 0 Å². The first-order valence-corrected chi connectivity index (χ1v) is 5.93. The number of H-pyrrole nitrogens is 1. The topological polar surface area (TPSA) is 80.1 Å². The van der Waals surface area contributed by atoms with Crippen LogP contribution in [0.15, 0.2) is 30.5 Å². The average molecular weight is 245 g/mol. The van der Waals surface area contributed by atoms with Crippen molar-refractivity contribution in [2.75, 3.05) is 18.5 Å². The highest BCUT2D eigenvalue weighted by Gasteiger charge is 2.38. The predicted octanol–water partition coefficient (Wildman–Crippen LogP) is 1.22. The van der Waals surface area contributed by atoms with Gasteiger partial charge in [0.15, 0.2) is 0 Å². The number of carbonyl (C=O) groups excluding carboxylic acids is 1. The molecule has 1 aliphatic rings. The monoisotopic (exact) mass is 245 g/mol. The molecule has 1 aromatic carbocycles. The number of ether oxygens (including phenoxy) is 1. The van der Waals surface area contributed by atoms with E-state index in [9.17, 15) is 4.79 Å². The first-order valence-electron chi connectivity index (χ1n) is 5.93. The zero-order valence-corrected chi connectivity index (χ0v) is 9.90. The molecule has 2 aromatic rings. The van der Waals surface area contributed by atoms with E-state index in [0.29, 0.717) is 13.0 Å². The van der Waals surface area contributed by atoms with E-state index in [0.717, 1.165) is 16.6 Å². The zero-order valence-electron chi connectivity index (χ0n) is 9.90. The molecule has 1 fully saturated rings. The molecule has 1 saturated heterocycles. The lowest BCUT2D eigenvalue weighted by molar-refractivity contribution is -0.121. The summed E-state index contributed by atoms with van der Waals surface area (Å²) in [5, 5.41) is 3.91. The quantitative estimate of drug-likeness (QED) is 0.744. The molecule has 5 heteroatoms. The van der Waals surface area contributed by atoms with Crippen LogP contribution in [0.25, 0.3) is 10.9 Å². The number of carbonyl (C=O) groups is 1. The highest BCUT2D eigenvalue weighted by molar-refractivity contribution is 5.99. The number of nitrogens with one attached hydrogen (secondary N) is 2. The Hall–Kier alpha value is -1.85. The molecule has 1 aliphatic heterocycles. The minimum absolute atomic E-state index is 0.185. The largest absolute Gasteiger partial charge is 0.379 e. The van der Waals surface area contributed by atoms with Gasteiger partial charge in [0.1, 0.15) is 5.54 Å². The number of fused-ring (bicyclic) bond motifs is 1. The Bertz CT molecular complexity index is 585. The maximum Gasteiger partial charge on any atom is 0.246 e. The molecular weight excluding hydrogens is 230 g/mol. The lowest BCUT2D eigenvalue weighted by Gasteiger charge is -2.20. The maximum absolute atomic E-state index is 12.1. The molecule has 0 saturated carbocycles. The second-order valence-corrected chi connectivity index (χ2v) is 4.69. The van der Waals surface area contributed by atoms with Crippen LogP contribution in [0.4, 0.5) is 5.69 Å². The van der Waals surface area contributed by atoms with Crippen molar-refractivity contribution >= 4 is 22.5 Å². The van der Waals surface area contributed by atoms with Crippen LogP contribution in [0.2, 0.25) is 0 Å². The zero-order chi connectivity index (χ0) is 12.6. The minimum atomic E-state index is -0.896. The van der Waals surface area contributed by atoms with Gasteiger partial charge in [0.2, 0.25) is 5.91 Å². The van der Waals surface area contributed by atoms with E-state index in [1.165, 1.54) is 0 Å². The third kappa shape index (κ3) is 1.87. The molecule has 2 heterocycles. The van der Waals surface area contributed by atoms with Crippen molar-refractivity contribution in [1.29, 1.82) is 0 Å². The van der Waals surface area contributed by atoms with Gasteiger partial charge in [-0.3, -0.25) is 4.79 Å². The lowest BCUT2D eigenvalue weighted by Crippen LogP contribution is -2.51. The molecule has 0 bridgehead atoms. The van der Waals surface area contributed by atoms with Crippen LogP contribution in [-0.2, 0) is 9.53 Å². The van der Waals surface area contributed by atoms with Gasteiger partial charge in [0.05, 0.1) is 6.61 Å². The molecule has 1 unspecified atom stereocenters. The molecule has 0 spiro atoms. The number of aromatic nitrogens is 1. The van der Waals surface area contributed by atoms with E-state index in [1.54, 1.807) is 0 Å². The maximum atomic E-state index is 12.1. The van der Waals surface area contributed by atoms with E-state index < -0.39 is 5.54 Å². The smallest absolute Gasteiger partial charge is 0.246 e. The molecule has 94 valence electrons. The average Bonchev–Trinajstić information content (AvgIpc) is 2.98. The van der Waals surface area contributed by atoms with Crippen LogP contribution in [-0.4, -0.2) is 29.6 Å². The summed E-state index contributed by atoms with van der Waals surface area (Å²) in [6, 6.07) is 7.67. The second kappa shape index (κ2) is 4.12. The summed E-state index contributed by atoms with van der Waals surface area (Å²) in [6.07, 6.45) is 2.43. The molecule has 1 atom stereocenters. The van der Waals surface area contributed by atoms with E-state index in [4.69, 9.17) is 10.5 Å². The van der Waals surface area contributed by atoms with Crippen LogP contribution in [0.5, 0.6) is 0 Å². The predicted molar refractivity (Wildman–Crippen MR) is 69.3 cm³/mol. The summed E-state index contributed by atoms with van der Waals surface area (Å²) in [6.45, 7) is 0.825. The Labute approximate surface area is 104 Å². The van der Waals surface area contributed by atoms with Gasteiger partial charge in [0.25, 0.3) is 0 Å². The van der Waals surface area contributed by atoms with Crippen molar-refractivity contribution in [3.05, 3.63) is 30.5 Å². The number of benzene rings is 1. The molecule has 1 aromatic heterocycles. The third-order valence-electron chi connectivity index (χ3n) is 3.32. The van der Waals surface area contributed by atoms with Crippen molar-refractivity contribution in [1.82, 2.24) is 4.98 Å². The van der Waals surface area contributed by atoms with Crippen LogP contribution < -0.4 is 11.1 Å². The fraction of sp³-hybridized carbons (Fsp3) is 0.308. The second-order valence-electron chi connectivity index (χ2n) is 4.69. The molecule has 18 heavy (non-hydrogen) atoms. The van der Waals surface area contributed by atoms with Crippen molar-refractivity contribution in [2.24, 2.45) is 5.73 Å². The Balaban J connectivity index is 1.81. The van der Waals surface area contributed by atoms with Gasteiger partial charge in [-0.15, -0.1) is 0 Å². The van der Waals surface area contributed by atoms with E-state index in [2.05, 4.69) is 10.3 Å². The summed E-state index contributed by atoms with van der Waals surface area (Å²) in [7, 11) is 0. The molecule has 3 rings (SSSR count). The summed E-state index contributed by atoms with van der Waals surface area (Å²) in [5.41, 5.74) is 6.90. The number of hydrogen-bond acceptors (Lipinski definition) is 3. The van der Waals surface area contributed by atoms with Gasteiger partial charge in [-0.25, -0.2) is 0 Å². The molecule has 5 nitrogen and oxygen atoms in total. The Morgan fingerprint density at radius 3 is 3.11 bits per heavy atom. The number of nitrogens with two attached hydrogens (primary N) is 1. The van der Waals surface area contributed by atoms with Crippen molar-refractivity contribution in [2.45, 2.75) is 12.0 Å². The Kier molecular flexibility index (Phi) is 2.57. The van der Waals surface area contributed by atoms with E-state index in [1.807, 2.05) is 30.5 Å². The molecular formula is C13H15N3O2. The highest BCUT2D eigenvalue weighted by Crippen LogP contribution is 2.21. The van der Waals surface area contributed by atoms with Crippen molar-refractivity contribution in [3.63, 3.8) is 0 Å². The van der Waals surface area contributed by atoms with Crippen LogP contribution in [0.3, 0.4) is 0 Å². The molecule has 4 N–H and O–H groups in total. The van der Waals surface area contributed by atoms with Gasteiger partial charge in [-0.1, -0.05) is 0 Å².